The fourth-order valence-corrected chi connectivity index (χ4v) is 2.20. The molecule has 0 radical (unpaired) electrons. The summed E-state index contributed by atoms with van der Waals surface area (Å²) in [5.74, 6) is 0.0565. The third kappa shape index (κ3) is 2.82. The number of aliphatic hydroxyl groups excluding tert-OH is 1. The van der Waals surface area contributed by atoms with Gasteiger partial charge in [-0.15, -0.1) is 0 Å². The standard InChI is InChI=1S/C14H19NO3/c1-9(2)12(16)13-11(15-14(17)18-13)8-10-6-4-3-5-7-10/h3-7,9,11-13,16H,8H2,1-2H3,(H,15,17)/t11-,12+,13-/m0/s1. The van der Waals surface area contributed by atoms with E-state index in [0.29, 0.717) is 6.42 Å². The number of alkyl carbamates (subject to hydrolysis) is 1. The molecular formula is C14H19NO3. The number of amides is 1. The van der Waals surface area contributed by atoms with Gasteiger partial charge in [0.2, 0.25) is 0 Å². The van der Waals surface area contributed by atoms with Crippen LogP contribution in [-0.2, 0) is 11.2 Å². The van der Waals surface area contributed by atoms with E-state index in [9.17, 15) is 9.90 Å². The van der Waals surface area contributed by atoms with Crippen molar-refractivity contribution >= 4 is 6.09 Å². The van der Waals surface area contributed by atoms with Gasteiger partial charge in [0.1, 0.15) is 0 Å². The van der Waals surface area contributed by atoms with E-state index in [2.05, 4.69) is 5.32 Å². The molecule has 1 aromatic carbocycles. The van der Waals surface area contributed by atoms with E-state index in [0.717, 1.165) is 5.56 Å². The molecule has 1 fully saturated rings. The number of hydrogen-bond acceptors (Lipinski definition) is 3. The van der Waals surface area contributed by atoms with Crippen LogP contribution in [0.25, 0.3) is 0 Å². The Bertz CT molecular complexity index is 405. The van der Waals surface area contributed by atoms with Crippen molar-refractivity contribution < 1.29 is 14.6 Å². The molecular weight excluding hydrogens is 230 g/mol. The van der Waals surface area contributed by atoms with Crippen molar-refractivity contribution in [3.05, 3.63) is 35.9 Å². The van der Waals surface area contributed by atoms with Crippen molar-refractivity contribution in [3.8, 4) is 0 Å². The molecule has 0 unspecified atom stereocenters. The minimum atomic E-state index is -0.641. The van der Waals surface area contributed by atoms with Crippen LogP contribution in [0.4, 0.5) is 4.79 Å². The molecule has 4 nitrogen and oxygen atoms in total. The van der Waals surface area contributed by atoms with Gasteiger partial charge in [-0.2, -0.15) is 0 Å². The van der Waals surface area contributed by atoms with Crippen LogP contribution >= 0.6 is 0 Å². The van der Waals surface area contributed by atoms with Gasteiger partial charge in [-0.25, -0.2) is 4.79 Å². The van der Waals surface area contributed by atoms with Gasteiger partial charge in [0.15, 0.2) is 6.10 Å². The zero-order valence-corrected chi connectivity index (χ0v) is 10.7. The molecule has 1 amide bonds. The highest BCUT2D eigenvalue weighted by molar-refractivity contribution is 5.70. The molecule has 2 rings (SSSR count). The van der Waals surface area contributed by atoms with E-state index in [1.54, 1.807) is 0 Å². The lowest BCUT2D eigenvalue weighted by Crippen LogP contribution is -2.42. The third-order valence-electron chi connectivity index (χ3n) is 3.26. The van der Waals surface area contributed by atoms with Crippen molar-refractivity contribution in [2.24, 2.45) is 5.92 Å². The first-order valence-corrected chi connectivity index (χ1v) is 6.27. The van der Waals surface area contributed by atoms with Gasteiger partial charge in [0.05, 0.1) is 12.1 Å². The lowest BCUT2D eigenvalue weighted by atomic mass is 9.93. The van der Waals surface area contributed by atoms with Crippen LogP contribution in [0.1, 0.15) is 19.4 Å². The van der Waals surface area contributed by atoms with Gasteiger partial charge in [0, 0.05) is 0 Å². The molecule has 0 bridgehead atoms. The molecule has 0 spiro atoms. The number of rotatable bonds is 4. The number of aliphatic hydroxyl groups is 1. The Balaban J connectivity index is 2.08. The predicted octanol–water partition coefficient (Wildman–Crippen LogP) is 1.72. The molecule has 1 saturated heterocycles. The van der Waals surface area contributed by atoms with Crippen LogP contribution in [0.15, 0.2) is 30.3 Å². The van der Waals surface area contributed by atoms with E-state index >= 15 is 0 Å². The Morgan fingerprint density at radius 3 is 2.61 bits per heavy atom. The van der Waals surface area contributed by atoms with Gasteiger partial charge < -0.3 is 15.2 Å². The molecule has 1 heterocycles. The fourth-order valence-electron chi connectivity index (χ4n) is 2.20. The molecule has 1 aromatic rings. The maximum absolute atomic E-state index is 11.3. The largest absolute Gasteiger partial charge is 0.441 e. The zero-order valence-electron chi connectivity index (χ0n) is 10.7. The molecule has 1 aliphatic heterocycles. The van der Waals surface area contributed by atoms with Crippen LogP contribution in [0.5, 0.6) is 0 Å². The second-order valence-electron chi connectivity index (χ2n) is 5.05. The van der Waals surface area contributed by atoms with Crippen molar-refractivity contribution in [1.82, 2.24) is 5.32 Å². The van der Waals surface area contributed by atoms with Crippen LogP contribution in [0.2, 0.25) is 0 Å². The second kappa shape index (κ2) is 5.40. The molecule has 1 aliphatic rings. The monoisotopic (exact) mass is 249 g/mol. The normalized spacial score (nSPS) is 24.8. The Morgan fingerprint density at radius 2 is 2.00 bits per heavy atom. The van der Waals surface area contributed by atoms with E-state index in [4.69, 9.17) is 4.74 Å². The van der Waals surface area contributed by atoms with E-state index in [1.807, 2.05) is 44.2 Å². The van der Waals surface area contributed by atoms with Gasteiger partial charge in [-0.1, -0.05) is 44.2 Å². The summed E-state index contributed by atoms with van der Waals surface area (Å²) in [6, 6.07) is 9.71. The third-order valence-corrected chi connectivity index (χ3v) is 3.26. The van der Waals surface area contributed by atoms with Crippen LogP contribution < -0.4 is 5.32 Å². The summed E-state index contributed by atoms with van der Waals surface area (Å²) in [6.45, 7) is 3.83. The smallest absolute Gasteiger partial charge is 0.407 e. The topological polar surface area (TPSA) is 58.6 Å². The number of ether oxygens (including phenoxy) is 1. The zero-order chi connectivity index (χ0) is 13.1. The van der Waals surface area contributed by atoms with Gasteiger partial charge in [-0.3, -0.25) is 0 Å². The first-order valence-electron chi connectivity index (χ1n) is 6.27. The first-order chi connectivity index (χ1) is 8.58. The number of benzene rings is 1. The molecule has 3 atom stereocenters. The highest BCUT2D eigenvalue weighted by atomic mass is 16.6. The Kier molecular flexibility index (Phi) is 3.87. The summed E-state index contributed by atoms with van der Waals surface area (Å²) in [5.41, 5.74) is 1.12. The fraction of sp³-hybridized carbons (Fsp3) is 0.500. The van der Waals surface area contributed by atoms with E-state index < -0.39 is 18.3 Å². The molecule has 2 N–H and O–H groups in total. The summed E-state index contributed by atoms with van der Waals surface area (Å²) in [4.78, 5) is 11.3. The van der Waals surface area contributed by atoms with Crippen molar-refractivity contribution in [2.45, 2.75) is 38.5 Å². The van der Waals surface area contributed by atoms with Crippen LogP contribution in [0.3, 0.4) is 0 Å². The average Bonchev–Trinajstić information content (AvgIpc) is 2.70. The number of cyclic esters (lactones) is 1. The number of nitrogens with one attached hydrogen (secondary N) is 1. The molecule has 4 heteroatoms. The molecule has 0 saturated carbocycles. The van der Waals surface area contributed by atoms with Crippen LogP contribution in [0, 0.1) is 5.92 Å². The highest BCUT2D eigenvalue weighted by Gasteiger charge is 2.39. The number of hydrogen-bond donors (Lipinski definition) is 2. The first kappa shape index (κ1) is 12.9. The van der Waals surface area contributed by atoms with Crippen molar-refractivity contribution in [2.75, 3.05) is 0 Å². The summed E-state index contributed by atoms with van der Waals surface area (Å²) in [5, 5.41) is 12.8. The van der Waals surface area contributed by atoms with Crippen LogP contribution in [-0.4, -0.2) is 29.4 Å². The number of carbonyl (C=O) groups excluding carboxylic acids is 1. The lowest BCUT2D eigenvalue weighted by Gasteiger charge is -2.24. The van der Waals surface area contributed by atoms with E-state index in [1.165, 1.54) is 0 Å². The highest BCUT2D eigenvalue weighted by Crippen LogP contribution is 2.21. The Labute approximate surface area is 107 Å². The Morgan fingerprint density at radius 1 is 1.33 bits per heavy atom. The van der Waals surface area contributed by atoms with Crippen molar-refractivity contribution in [1.29, 1.82) is 0 Å². The SMILES string of the molecule is CC(C)[C@@H](O)[C@H]1OC(=O)N[C@H]1Cc1ccccc1. The average molecular weight is 249 g/mol. The van der Waals surface area contributed by atoms with Crippen molar-refractivity contribution in [3.63, 3.8) is 0 Å². The Hall–Kier alpha value is -1.55. The second-order valence-corrected chi connectivity index (χ2v) is 5.05. The van der Waals surface area contributed by atoms with Gasteiger partial charge in [0.25, 0.3) is 0 Å². The summed E-state index contributed by atoms with van der Waals surface area (Å²) in [7, 11) is 0. The number of carbonyl (C=O) groups is 1. The van der Waals surface area contributed by atoms with Gasteiger partial charge >= 0.3 is 6.09 Å². The summed E-state index contributed by atoms with van der Waals surface area (Å²) < 4.78 is 5.17. The molecule has 98 valence electrons. The van der Waals surface area contributed by atoms with Gasteiger partial charge in [-0.05, 0) is 17.9 Å². The molecule has 0 aliphatic carbocycles. The maximum Gasteiger partial charge on any atom is 0.407 e. The summed E-state index contributed by atoms with van der Waals surface area (Å²) >= 11 is 0. The lowest BCUT2D eigenvalue weighted by molar-refractivity contribution is -0.00657. The maximum atomic E-state index is 11.3. The quantitative estimate of drug-likeness (QED) is 0.854. The molecule has 0 aromatic heterocycles. The van der Waals surface area contributed by atoms with E-state index in [-0.39, 0.29) is 12.0 Å². The molecule has 18 heavy (non-hydrogen) atoms. The minimum absolute atomic E-state index is 0.0565. The minimum Gasteiger partial charge on any atom is -0.441 e. The summed E-state index contributed by atoms with van der Waals surface area (Å²) in [6.07, 6.45) is -0.892. The predicted molar refractivity (Wildman–Crippen MR) is 68.2 cm³/mol.